The molecule has 1 atom stereocenters. The van der Waals surface area contributed by atoms with Gasteiger partial charge in [-0.3, -0.25) is 10.1 Å². The number of imide groups is 1. The third-order valence-electron chi connectivity index (χ3n) is 6.61. The minimum Gasteiger partial charge on any atom is -0.357 e. The van der Waals surface area contributed by atoms with E-state index in [0.717, 1.165) is 46.5 Å². The van der Waals surface area contributed by atoms with Crippen molar-refractivity contribution in [2.75, 3.05) is 5.32 Å². The molecule has 6 rings (SSSR count). The fourth-order valence-electron chi connectivity index (χ4n) is 5.67. The molecule has 5 aliphatic rings. The predicted octanol–water partition coefficient (Wildman–Crippen LogP) is 3.39. The second kappa shape index (κ2) is 7.16. The van der Waals surface area contributed by atoms with Gasteiger partial charge in [0, 0.05) is 11.6 Å². The molecule has 0 aliphatic heterocycles. The van der Waals surface area contributed by atoms with Gasteiger partial charge in [0.2, 0.25) is 11.0 Å². The molecule has 3 N–H and O–H groups in total. The number of urea groups is 1. The maximum absolute atomic E-state index is 12.5. The standard InChI is InChI=1S/C19H27N5O2S2/c1-10(27-18-24-23-17(28-18)20-14-2-3-14)15(25)21-16(26)22-19-7-11-4-12(8-19)6-13(5-11)9-19/h10-14H,2-9H2,1H3,(H,20,23)(H2,21,22,25,26)/t10-,11?,12?,13?,19?/m0/s1. The molecule has 5 aliphatic carbocycles. The lowest BCUT2D eigenvalue weighted by Gasteiger charge is -2.56. The molecule has 1 aromatic rings. The number of carbonyl (C=O) groups excluding carboxylic acids is 2. The van der Waals surface area contributed by atoms with Gasteiger partial charge in [-0.15, -0.1) is 10.2 Å². The third kappa shape index (κ3) is 4.01. The molecular weight excluding hydrogens is 394 g/mol. The molecule has 9 heteroatoms. The lowest BCUT2D eigenvalue weighted by atomic mass is 9.53. The van der Waals surface area contributed by atoms with Crippen molar-refractivity contribution in [2.24, 2.45) is 17.8 Å². The van der Waals surface area contributed by atoms with Gasteiger partial charge in [0.05, 0.1) is 5.25 Å². The van der Waals surface area contributed by atoms with Gasteiger partial charge >= 0.3 is 6.03 Å². The van der Waals surface area contributed by atoms with E-state index in [1.165, 1.54) is 55.2 Å². The van der Waals surface area contributed by atoms with Crippen LogP contribution in [0.25, 0.3) is 0 Å². The summed E-state index contributed by atoms with van der Waals surface area (Å²) in [6, 6.07) is 0.188. The normalized spacial score (nSPS) is 34.1. The summed E-state index contributed by atoms with van der Waals surface area (Å²) in [5.74, 6) is 1.99. The molecule has 0 aromatic carbocycles. The number of thioether (sulfide) groups is 1. The number of aromatic nitrogens is 2. The smallest absolute Gasteiger partial charge is 0.321 e. The summed E-state index contributed by atoms with van der Waals surface area (Å²) in [7, 11) is 0. The van der Waals surface area contributed by atoms with E-state index < -0.39 is 5.25 Å². The molecule has 1 heterocycles. The van der Waals surface area contributed by atoms with Crippen molar-refractivity contribution in [1.82, 2.24) is 20.8 Å². The van der Waals surface area contributed by atoms with E-state index in [0.29, 0.717) is 6.04 Å². The van der Waals surface area contributed by atoms with Crippen molar-refractivity contribution in [3.63, 3.8) is 0 Å². The summed E-state index contributed by atoms with van der Waals surface area (Å²) in [4.78, 5) is 25.0. The van der Waals surface area contributed by atoms with Crippen LogP contribution >= 0.6 is 23.1 Å². The monoisotopic (exact) mass is 421 g/mol. The van der Waals surface area contributed by atoms with Gasteiger partial charge in [0.15, 0.2) is 4.34 Å². The van der Waals surface area contributed by atoms with Crippen molar-refractivity contribution in [3.8, 4) is 0 Å². The van der Waals surface area contributed by atoms with E-state index in [-0.39, 0.29) is 17.5 Å². The number of rotatable bonds is 6. The van der Waals surface area contributed by atoms with E-state index in [1.807, 2.05) is 0 Å². The first-order chi connectivity index (χ1) is 13.5. The van der Waals surface area contributed by atoms with Gasteiger partial charge in [-0.2, -0.15) is 0 Å². The SMILES string of the molecule is C[C@H](Sc1nnc(NC2CC2)s1)C(=O)NC(=O)NC12CC3CC(CC(C3)C1)C2. The van der Waals surface area contributed by atoms with E-state index in [1.54, 1.807) is 6.92 Å². The van der Waals surface area contributed by atoms with Gasteiger partial charge in [0.25, 0.3) is 0 Å². The predicted molar refractivity (Wildman–Crippen MR) is 109 cm³/mol. The highest BCUT2D eigenvalue weighted by molar-refractivity contribution is 8.02. The topological polar surface area (TPSA) is 96.0 Å². The molecule has 7 nitrogen and oxygen atoms in total. The second-order valence-corrected chi connectivity index (χ2v) is 11.8. The van der Waals surface area contributed by atoms with Crippen LogP contribution in [-0.4, -0.2) is 39.0 Å². The summed E-state index contributed by atoms with van der Waals surface area (Å²) in [6.45, 7) is 1.80. The molecule has 5 saturated carbocycles. The van der Waals surface area contributed by atoms with Gasteiger partial charge in [0.1, 0.15) is 0 Å². The lowest BCUT2D eigenvalue weighted by molar-refractivity contribution is -0.119. The van der Waals surface area contributed by atoms with Crippen molar-refractivity contribution in [1.29, 1.82) is 0 Å². The van der Waals surface area contributed by atoms with Crippen molar-refractivity contribution in [2.45, 2.75) is 79.5 Å². The van der Waals surface area contributed by atoms with Crippen LogP contribution in [0.5, 0.6) is 0 Å². The van der Waals surface area contributed by atoms with Crippen LogP contribution in [-0.2, 0) is 4.79 Å². The maximum atomic E-state index is 12.5. The Morgan fingerprint density at radius 2 is 1.75 bits per heavy atom. The fourth-order valence-corrected chi connectivity index (χ4v) is 7.65. The first kappa shape index (κ1) is 18.7. The minimum atomic E-state index is -0.399. The summed E-state index contributed by atoms with van der Waals surface area (Å²) < 4.78 is 0.743. The summed E-state index contributed by atoms with van der Waals surface area (Å²) in [6.07, 6.45) is 9.57. The maximum Gasteiger partial charge on any atom is 0.321 e. The quantitative estimate of drug-likeness (QED) is 0.610. The molecular formula is C19H27N5O2S2. The molecule has 28 heavy (non-hydrogen) atoms. The first-order valence-electron chi connectivity index (χ1n) is 10.4. The Bertz CT molecular complexity index is 743. The molecule has 0 unspecified atom stereocenters. The van der Waals surface area contributed by atoms with E-state index in [9.17, 15) is 9.59 Å². The number of carbonyl (C=O) groups is 2. The zero-order valence-corrected chi connectivity index (χ0v) is 17.7. The van der Waals surface area contributed by atoms with E-state index >= 15 is 0 Å². The Morgan fingerprint density at radius 1 is 1.11 bits per heavy atom. The number of hydrogen-bond donors (Lipinski definition) is 3. The first-order valence-corrected chi connectivity index (χ1v) is 12.1. The summed E-state index contributed by atoms with van der Waals surface area (Å²) in [5, 5.41) is 17.7. The highest BCUT2D eigenvalue weighted by Gasteiger charge is 2.51. The molecule has 1 aromatic heterocycles. The van der Waals surface area contributed by atoms with Crippen LogP contribution < -0.4 is 16.0 Å². The Kier molecular flexibility index (Phi) is 4.77. The zero-order valence-electron chi connectivity index (χ0n) is 16.1. The minimum absolute atomic E-state index is 0.0852. The second-order valence-electron chi connectivity index (χ2n) is 9.19. The Morgan fingerprint density at radius 3 is 2.36 bits per heavy atom. The van der Waals surface area contributed by atoms with Crippen LogP contribution in [0.2, 0.25) is 0 Å². The summed E-state index contributed by atoms with van der Waals surface area (Å²) >= 11 is 2.80. The van der Waals surface area contributed by atoms with Crippen LogP contribution in [0.3, 0.4) is 0 Å². The molecule has 0 saturated heterocycles. The van der Waals surface area contributed by atoms with Crippen molar-refractivity contribution >= 4 is 40.2 Å². The van der Waals surface area contributed by atoms with Gasteiger partial charge < -0.3 is 10.6 Å². The van der Waals surface area contributed by atoms with Crippen LogP contribution in [0.15, 0.2) is 4.34 Å². The molecule has 3 amide bonds. The molecule has 5 fully saturated rings. The van der Waals surface area contributed by atoms with Crippen LogP contribution in [0.1, 0.15) is 58.3 Å². The number of nitrogens with zero attached hydrogens (tertiary/aromatic N) is 2. The Hall–Kier alpha value is -1.35. The average Bonchev–Trinajstić information content (AvgIpc) is 3.30. The third-order valence-corrected chi connectivity index (χ3v) is 8.65. The lowest BCUT2D eigenvalue weighted by Crippen LogP contribution is -2.62. The average molecular weight is 422 g/mol. The van der Waals surface area contributed by atoms with Gasteiger partial charge in [-0.1, -0.05) is 23.1 Å². The van der Waals surface area contributed by atoms with Crippen LogP contribution in [0, 0.1) is 17.8 Å². The highest BCUT2D eigenvalue weighted by Crippen LogP contribution is 2.55. The van der Waals surface area contributed by atoms with E-state index in [2.05, 4.69) is 26.1 Å². The number of anilines is 1. The van der Waals surface area contributed by atoms with Gasteiger partial charge in [-0.05, 0) is 76.0 Å². The van der Waals surface area contributed by atoms with Gasteiger partial charge in [-0.25, -0.2) is 4.79 Å². The van der Waals surface area contributed by atoms with Crippen molar-refractivity contribution in [3.05, 3.63) is 0 Å². The highest BCUT2D eigenvalue weighted by atomic mass is 32.2. The fraction of sp³-hybridized carbons (Fsp3) is 0.789. The largest absolute Gasteiger partial charge is 0.357 e. The zero-order chi connectivity index (χ0) is 19.3. The van der Waals surface area contributed by atoms with E-state index in [4.69, 9.17) is 0 Å². The van der Waals surface area contributed by atoms with Crippen LogP contribution in [0.4, 0.5) is 9.93 Å². The Balaban J connectivity index is 1.13. The molecule has 4 bridgehead atoms. The van der Waals surface area contributed by atoms with Crippen molar-refractivity contribution < 1.29 is 9.59 Å². The molecule has 0 radical (unpaired) electrons. The number of amides is 3. The number of nitrogens with one attached hydrogen (secondary N) is 3. The number of hydrogen-bond acceptors (Lipinski definition) is 7. The molecule has 152 valence electrons. The summed E-state index contributed by atoms with van der Waals surface area (Å²) in [5.41, 5.74) is -0.0852. The molecule has 0 spiro atoms. The Labute approximate surface area is 173 Å².